The molecule has 20 heavy (non-hydrogen) atoms. The van der Waals surface area contributed by atoms with Crippen LogP contribution in [0.15, 0.2) is 24.3 Å². The third-order valence-electron chi connectivity index (χ3n) is 3.38. The van der Waals surface area contributed by atoms with E-state index in [0.717, 1.165) is 44.2 Å². The second kappa shape index (κ2) is 8.88. The molecular weight excluding hydrogens is 263 g/mol. The Bertz CT molecular complexity index is 374. The highest BCUT2D eigenvalue weighted by atomic mass is 19.4. The van der Waals surface area contributed by atoms with E-state index in [-0.39, 0.29) is 6.42 Å². The molecule has 0 fully saturated rings. The third kappa shape index (κ3) is 8.83. The molecular formula is C16H24F3N. The van der Waals surface area contributed by atoms with Crippen molar-refractivity contribution in [2.45, 2.75) is 64.0 Å². The summed E-state index contributed by atoms with van der Waals surface area (Å²) in [6.45, 7) is 0. The largest absolute Gasteiger partial charge is 0.399 e. The molecule has 0 aliphatic carbocycles. The zero-order valence-corrected chi connectivity index (χ0v) is 11.9. The summed E-state index contributed by atoms with van der Waals surface area (Å²) < 4.78 is 35.7. The van der Waals surface area contributed by atoms with Crippen molar-refractivity contribution in [1.29, 1.82) is 0 Å². The number of aryl methyl sites for hydroxylation is 1. The Morgan fingerprint density at radius 3 is 2.05 bits per heavy atom. The summed E-state index contributed by atoms with van der Waals surface area (Å²) in [7, 11) is 0. The van der Waals surface area contributed by atoms with Gasteiger partial charge in [-0.25, -0.2) is 0 Å². The Labute approximate surface area is 119 Å². The van der Waals surface area contributed by atoms with E-state index in [9.17, 15) is 13.2 Å². The molecule has 0 aliphatic heterocycles. The average molecular weight is 287 g/mol. The van der Waals surface area contributed by atoms with E-state index in [1.165, 1.54) is 5.56 Å². The molecule has 0 unspecified atom stereocenters. The quantitative estimate of drug-likeness (QED) is 0.471. The lowest BCUT2D eigenvalue weighted by atomic mass is 10.0. The van der Waals surface area contributed by atoms with Gasteiger partial charge in [-0.15, -0.1) is 0 Å². The van der Waals surface area contributed by atoms with Gasteiger partial charge in [0, 0.05) is 12.1 Å². The van der Waals surface area contributed by atoms with Gasteiger partial charge in [0.15, 0.2) is 0 Å². The van der Waals surface area contributed by atoms with Crippen LogP contribution in [0.25, 0.3) is 0 Å². The van der Waals surface area contributed by atoms with Gasteiger partial charge in [-0.1, -0.05) is 44.2 Å². The Kier molecular flexibility index (Phi) is 7.48. The summed E-state index contributed by atoms with van der Waals surface area (Å²) in [5.41, 5.74) is 7.77. The van der Waals surface area contributed by atoms with Gasteiger partial charge in [0.2, 0.25) is 0 Å². The number of benzene rings is 1. The van der Waals surface area contributed by atoms with Crippen molar-refractivity contribution < 1.29 is 13.2 Å². The number of hydrogen-bond donors (Lipinski definition) is 1. The van der Waals surface area contributed by atoms with Gasteiger partial charge in [-0.3, -0.25) is 0 Å². The van der Waals surface area contributed by atoms with Crippen LogP contribution in [0.1, 0.15) is 56.9 Å². The summed E-state index contributed by atoms with van der Waals surface area (Å²) in [5.74, 6) is 0. The summed E-state index contributed by atoms with van der Waals surface area (Å²) in [6.07, 6.45) is 2.66. The summed E-state index contributed by atoms with van der Waals surface area (Å²) >= 11 is 0. The number of alkyl halides is 3. The highest BCUT2D eigenvalue weighted by Crippen LogP contribution is 2.23. The maximum atomic E-state index is 11.9. The minimum atomic E-state index is -3.99. The van der Waals surface area contributed by atoms with Crippen molar-refractivity contribution in [2.24, 2.45) is 0 Å². The van der Waals surface area contributed by atoms with Gasteiger partial charge >= 0.3 is 6.18 Å². The predicted molar refractivity (Wildman–Crippen MR) is 77.5 cm³/mol. The van der Waals surface area contributed by atoms with Crippen LogP contribution >= 0.6 is 0 Å². The standard InChI is InChI=1S/C16H24F3N/c17-16(18,19)12-7-5-3-1-2-4-6-9-14-10-8-11-15(20)13-14/h8,10-11,13H,1-7,9,12,20H2. The molecule has 0 heterocycles. The lowest BCUT2D eigenvalue weighted by Gasteiger charge is -2.06. The van der Waals surface area contributed by atoms with Gasteiger partial charge in [-0.05, 0) is 37.0 Å². The van der Waals surface area contributed by atoms with E-state index in [1.54, 1.807) is 0 Å². The molecule has 1 nitrogen and oxygen atoms in total. The van der Waals surface area contributed by atoms with Gasteiger partial charge in [0.05, 0.1) is 0 Å². The van der Waals surface area contributed by atoms with Crippen LogP contribution in [0.2, 0.25) is 0 Å². The third-order valence-corrected chi connectivity index (χ3v) is 3.38. The summed E-state index contributed by atoms with van der Waals surface area (Å²) in [5, 5.41) is 0. The van der Waals surface area contributed by atoms with Crippen LogP contribution < -0.4 is 5.73 Å². The van der Waals surface area contributed by atoms with Gasteiger partial charge in [0.25, 0.3) is 0 Å². The first-order valence-corrected chi connectivity index (χ1v) is 7.38. The molecule has 0 atom stereocenters. The first-order chi connectivity index (χ1) is 9.47. The molecule has 0 spiro atoms. The van der Waals surface area contributed by atoms with Crippen molar-refractivity contribution >= 4 is 5.69 Å². The van der Waals surface area contributed by atoms with E-state index < -0.39 is 12.6 Å². The monoisotopic (exact) mass is 287 g/mol. The number of nitrogen functional groups attached to an aromatic ring is 1. The van der Waals surface area contributed by atoms with Crippen molar-refractivity contribution in [3.05, 3.63) is 29.8 Å². The van der Waals surface area contributed by atoms with Crippen molar-refractivity contribution in [3.63, 3.8) is 0 Å². The van der Waals surface area contributed by atoms with Crippen LogP contribution in [0.3, 0.4) is 0 Å². The lowest BCUT2D eigenvalue weighted by Crippen LogP contribution is -2.06. The fourth-order valence-corrected chi connectivity index (χ4v) is 2.29. The number of unbranched alkanes of at least 4 members (excludes halogenated alkanes) is 6. The van der Waals surface area contributed by atoms with E-state index >= 15 is 0 Å². The topological polar surface area (TPSA) is 26.0 Å². The average Bonchev–Trinajstić information content (AvgIpc) is 2.35. The normalized spacial score (nSPS) is 11.8. The summed E-state index contributed by atoms with van der Waals surface area (Å²) in [4.78, 5) is 0. The number of nitrogens with two attached hydrogens (primary N) is 1. The smallest absolute Gasteiger partial charge is 0.389 e. The maximum Gasteiger partial charge on any atom is 0.389 e. The van der Waals surface area contributed by atoms with E-state index in [2.05, 4.69) is 6.07 Å². The van der Waals surface area contributed by atoms with Crippen molar-refractivity contribution in [1.82, 2.24) is 0 Å². The molecule has 0 radical (unpaired) electrons. The van der Waals surface area contributed by atoms with E-state index in [4.69, 9.17) is 5.73 Å². The van der Waals surface area contributed by atoms with Crippen LogP contribution in [0.4, 0.5) is 18.9 Å². The second-order valence-electron chi connectivity index (χ2n) is 5.34. The molecule has 2 N–H and O–H groups in total. The number of rotatable bonds is 9. The maximum absolute atomic E-state index is 11.9. The highest BCUT2D eigenvalue weighted by Gasteiger charge is 2.25. The fourth-order valence-electron chi connectivity index (χ4n) is 2.29. The van der Waals surface area contributed by atoms with Gasteiger partial charge in [0.1, 0.15) is 0 Å². The molecule has 0 bridgehead atoms. The summed E-state index contributed by atoms with van der Waals surface area (Å²) in [6, 6.07) is 7.92. The van der Waals surface area contributed by atoms with Gasteiger partial charge < -0.3 is 5.73 Å². The lowest BCUT2D eigenvalue weighted by molar-refractivity contribution is -0.135. The van der Waals surface area contributed by atoms with Crippen molar-refractivity contribution in [2.75, 3.05) is 5.73 Å². The highest BCUT2D eigenvalue weighted by molar-refractivity contribution is 5.40. The molecule has 114 valence electrons. The Morgan fingerprint density at radius 2 is 1.45 bits per heavy atom. The molecule has 1 aromatic carbocycles. The fraction of sp³-hybridized carbons (Fsp3) is 0.625. The molecule has 0 saturated heterocycles. The second-order valence-corrected chi connectivity index (χ2v) is 5.34. The molecule has 0 aliphatic rings. The van der Waals surface area contributed by atoms with Crippen LogP contribution in [-0.2, 0) is 6.42 Å². The number of hydrogen-bond acceptors (Lipinski definition) is 1. The first kappa shape index (κ1) is 16.9. The minimum absolute atomic E-state index is 0.271. The SMILES string of the molecule is Nc1cccc(CCCCCCCCCC(F)(F)F)c1. The predicted octanol–water partition coefficient (Wildman–Crippen LogP) is 5.49. The van der Waals surface area contributed by atoms with Gasteiger partial charge in [-0.2, -0.15) is 13.2 Å². The number of anilines is 1. The molecule has 1 aromatic rings. The molecule has 0 aromatic heterocycles. The van der Waals surface area contributed by atoms with Crippen molar-refractivity contribution in [3.8, 4) is 0 Å². The van der Waals surface area contributed by atoms with Crippen LogP contribution in [-0.4, -0.2) is 6.18 Å². The number of halogens is 3. The zero-order valence-electron chi connectivity index (χ0n) is 11.9. The Balaban J connectivity index is 1.93. The molecule has 0 amide bonds. The molecule has 0 saturated carbocycles. The van der Waals surface area contributed by atoms with E-state index in [0.29, 0.717) is 6.42 Å². The van der Waals surface area contributed by atoms with E-state index in [1.807, 2.05) is 18.2 Å². The Morgan fingerprint density at radius 1 is 0.850 bits per heavy atom. The minimum Gasteiger partial charge on any atom is -0.399 e. The molecule has 1 rings (SSSR count). The zero-order chi connectivity index (χ0) is 14.8. The molecule has 4 heteroatoms. The van der Waals surface area contributed by atoms with Crippen LogP contribution in [0, 0.1) is 0 Å². The first-order valence-electron chi connectivity index (χ1n) is 7.38. The Hall–Kier alpha value is -1.19. The van der Waals surface area contributed by atoms with Crippen LogP contribution in [0.5, 0.6) is 0 Å².